The van der Waals surface area contributed by atoms with Gasteiger partial charge in [-0.2, -0.15) is 0 Å². The zero-order valence-corrected chi connectivity index (χ0v) is 16.2. The molecule has 7 heteroatoms. The van der Waals surface area contributed by atoms with Crippen LogP contribution in [0.4, 0.5) is 10.1 Å². The molecule has 0 unspecified atom stereocenters. The Morgan fingerprint density at radius 3 is 2.59 bits per heavy atom. The number of thiocarbonyl (C=S) groups is 1. The molecule has 2 N–H and O–H groups in total. The maximum absolute atomic E-state index is 13.7. The van der Waals surface area contributed by atoms with Crippen LogP contribution in [0.2, 0.25) is 0 Å². The number of nitrogens with zero attached hydrogens (tertiary/aromatic N) is 1. The third kappa shape index (κ3) is 4.14. The standard InChI is InChI=1S/C22H16FN3O2S/c1-13-6-11-18-19(12-13)28-21(25-18)14-7-9-15(10-8-14)24-22(29)26-20(27)16-4-2-3-5-17(16)23/h2-12H,1H3,(H2,24,26,27,29). The van der Waals surface area contributed by atoms with Crippen LogP contribution in [0.25, 0.3) is 22.6 Å². The first-order valence-corrected chi connectivity index (χ1v) is 9.25. The third-order valence-electron chi connectivity index (χ3n) is 4.28. The minimum absolute atomic E-state index is 0.0711. The lowest BCUT2D eigenvalue weighted by atomic mass is 10.2. The van der Waals surface area contributed by atoms with Crippen LogP contribution in [0.3, 0.4) is 0 Å². The summed E-state index contributed by atoms with van der Waals surface area (Å²) >= 11 is 5.14. The number of fused-ring (bicyclic) bond motifs is 1. The van der Waals surface area contributed by atoms with E-state index in [4.69, 9.17) is 16.6 Å². The van der Waals surface area contributed by atoms with Gasteiger partial charge in [-0.05, 0) is 73.2 Å². The van der Waals surface area contributed by atoms with Crippen molar-refractivity contribution in [2.45, 2.75) is 6.92 Å². The van der Waals surface area contributed by atoms with E-state index >= 15 is 0 Å². The lowest BCUT2D eigenvalue weighted by Gasteiger charge is -2.10. The van der Waals surface area contributed by atoms with Crippen LogP contribution in [0.5, 0.6) is 0 Å². The van der Waals surface area contributed by atoms with E-state index in [1.807, 2.05) is 37.3 Å². The summed E-state index contributed by atoms with van der Waals surface area (Å²) in [4.78, 5) is 16.6. The predicted molar refractivity (Wildman–Crippen MR) is 114 cm³/mol. The molecule has 3 aromatic carbocycles. The fourth-order valence-corrected chi connectivity index (χ4v) is 3.04. The minimum atomic E-state index is -0.612. The molecule has 0 aliphatic rings. The average molecular weight is 405 g/mol. The quantitative estimate of drug-likeness (QED) is 0.466. The molecular weight excluding hydrogens is 389 g/mol. The van der Waals surface area contributed by atoms with Crippen molar-refractivity contribution >= 4 is 40.0 Å². The lowest BCUT2D eigenvalue weighted by molar-refractivity contribution is 0.0974. The lowest BCUT2D eigenvalue weighted by Crippen LogP contribution is -2.34. The maximum Gasteiger partial charge on any atom is 0.260 e. The Kier molecular flexibility index (Phi) is 5.05. The molecule has 1 amide bonds. The van der Waals surface area contributed by atoms with Gasteiger partial charge in [-0.1, -0.05) is 18.2 Å². The highest BCUT2D eigenvalue weighted by Crippen LogP contribution is 2.26. The number of carbonyl (C=O) groups excluding carboxylic acids is 1. The van der Waals surface area contributed by atoms with E-state index in [9.17, 15) is 9.18 Å². The number of rotatable bonds is 3. The number of aromatic nitrogens is 1. The molecule has 29 heavy (non-hydrogen) atoms. The SMILES string of the molecule is Cc1ccc2nc(-c3ccc(NC(=S)NC(=O)c4ccccc4F)cc3)oc2c1. The molecule has 0 atom stereocenters. The van der Waals surface area contributed by atoms with Crippen LogP contribution in [0.1, 0.15) is 15.9 Å². The molecule has 5 nitrogen and oxygen atoms in total. The smallest absolute Gasteiger partial charge is 0.260 e. The van der Waals surface area contributed by atoms with Gasteiger partial charge in [-0.3, -0.25) is 10.1 Å². The van der Waals surface area contributed by atoms with Crippen LogP contribution >= 0.6 is 12.2 Å². The molecule has 0 aliphatic heterocycles. The Morgan fingerprint density at radius 1 is 1.07 bits per heavy atom. The van der Waals surface area contributed by atoms with E-state index < -0.39 is 11.7 Å². The van der Waals surface area contributed by atoms with Crippen molar-refractivity contribution in [1.29, 1.82) is 0 Å². The van der Waals surface area contributed by atoms with E-state index in [0.717, 1.165) is 22.2 Å². The second-order valence-corrected chi connectivity index (χ2v) is 6.86. The van der Waals surface area contributed by atoms with Gasteiger partial charge in [0.15, 0.2) is 10.7 Å². The molecule has 4 rings (SSSR count). The van der Waals surface area contributed by atoms with Gasteiger partial charge >= 0.3 is 0 Å². The highest BCUT2D eigenvalue weighted by molar-refractivity contribution is 7.80. The largest absolute Gasteiger partial charge is 0.436 e. The summed E-state index contributed by atoms with van der Waals surface area (Å²) < 4.78 is 19.5. The highest BCUT2D eigenvalue weighted by Gasteiger charge is 2.13. The normalized spacial score (nSPS) is 10.7. The summed E-state index contributed by atoms with van der Waals surface area (Å²) in [7, 11) is 0. The number of amides is 1. The molecule has 144 valence electrons. The van der Waals surface area contributed by atoms with Crippen molar-refractivity contribution in [3.05, 3.63) is 83.7 Å². The summed E-state index contributed by atoms with van der Waals surface area (Å²) in [6.45, 7) is 2.00. The molecule has 0 spiro atoms. The fourth-order valence-electron chi connectivity index (χ4n) is 2.83. The number of benzene rings is 3. The van der Waals surface area contributed by atoms with Crippen LogP contribution < -0.4 is 10.6 Å². The second-order valence-electron chi connectivity index (χ2n) is 6.46. The first-order valence-electron chi connectivity index (χ1n) is 8.84. The number of carbonyl (C=O) groups is 1. The van der Waals surface area contributed by atoms with E-state index in [1.165, 1.54) is 18.2 Å². The highest BCUT2D eigenvalue weighted by atomic mass is 32.1. The van der Waals surface area contributed by atoms with Gasteiger partial charge in [0.1, 0.15) is 11.3 Å². The number of oxazole rings is 1. The Bertz CT molecular complexity index is 1220. The van der Waals surface area contributed by atoms with E-state index in [-0.39, 0.29) is 10.7 Å². The van der Waals surface area contributed by atoms with Gasteiger partial charge in [0, 0.05) is 11.3 Å². The molecule has 0 saturated carbocycles. The summed E-state index contributed by atoms with van der Waals surface area (Å²) in [6.07, 6.45) is 0. The van der Waals surface area contributed by atoms with Crippen molar-refractivity contribution in [2.24, 2.45) is 0 Å². The van der Waals surface area contributed by atoms with Gasteiger partial charge in [-0.15, -0.1) is 0 Å². The summed E-state index contributed by atoms with van der Waals surface area (Å²) in [5.41, 5.74) is 4.04. The molecule has 0 saturated heterocycles. The van der Waals surface area contributed by atoms with Gasteiger partial charge in [0.2, 0.25) is 5.89 Å². The molecule has 0 fully saturated rings. The summed E-state index contributed by atoms with van der Waals surface area (Å²) in [6, 6.07) is 18.8. The van der Waals surface area contributed by atoms with Crippen LogP contribution in [0, 0.1) is 12.7 Å². The molecule has 0 bridgehead atoms. The Labute approximate surface area is 171 Å². The first-order chi connectivity index (χ1) is 14.0. The van der Waals surface area contributed by atoms with E-state index in [0.29, 0.717) is 11.6 Å². The van der Waals surface area contributed by atoms with Crippen LogP contribution in [0.15, 0.2) is 71.1 Å². The number of aryl methyl sites for hydroxylation is 1. The number of hydrogen-bond acceptors (Lipinski definition) is 4. The van der Waals surface area contributed by atoms with Crippen molar-refractivity contribution < 1.29 is 13.6 Å². The molecule has 1 aromatic heterocycles. The Balaban J connectivity index is 1.44. The Hall–Kier alpha value is -3.58. The zero-order valence-electron chi connectivity index (χ0n) is 15.4. The van der Waals surface area contributed by atoms with Crippen molar-refractivity contribution in [1.82, 2.24) is 10.3 Å². The van der Waals surface area contributed by atoms with E-state index in [1.54, 1.807) is 18.2 Å². The molecule has 0 radical (unpaired) electrons. The third-order valence-corrected chi connectivity index (χ3v) is 4.48. The average Bonchev–Trinajstić information content (AvgIpc) is 3.12. The minimum Gasteiger partial charge on any atom is -0.436 e. The zero-order chi connectivity index (χ0) is 20.4. The maximum atomic E-state index is 13.7. The van der Waals surface area contributed by atoms with Gasteiger partial charge in [0.05, 0.1) is 5.56 Å². The predicted octanol–water partition coefficient (Wildman–Crippen LogP) is 5.07. The molecule has 1 heterocycles. The molecule has 0 aliphatic carbocycles. The topological polar surface area (TPSA) is 67.2 Å². The number of hydrogen-bond donors (Lipinski definition) is 2. The van der Waals surface area contributed by atoms with Crippen molar-refractivity contribution in [3.63, 3.8) is 0 Å². The van der Waals surface area contributed by atoms with Gasteiger partial charge in [0.25, 0.3) is 5.91 Å². The summed E-state index contributed by atoms with van der Waals surface area (Å²) in [5, 5.41) is 5.44. The Morgan fingerprint density at radius 2 is 1.83 bits per heavy atom. The van der Waals surface area contributed by atoms with Crippen molar-refractivity contribution in [3.8, 4) is 11.5 Å². The van der Waals surface area contributed by atoms with Crippen LogP contribution in [-0.2, 0) is 0 Å². The van der Waals surface area contributed by atoms with Crippen LogP contribution in [-0.4, -0.2) is 16.0 Å². The number of anilines is 1. The molecular formula is C22H16FN3O2S. The summed E-state index contributed by atoms with van der Waals surface area (Å²) in [5.74, 6) is -0.697. The van der Waals surface area contributed by atoms with Crippen molar-refractivity contribution in [2.75, 3.05) is 5.32 Å². The fraction of sp³-hybridized carbons (Fsp3) is 0.0455. The van der Waals surface area contributed by atoms with Gasteiger partial charge in [-0.25, -0.2) is 9.37 Å². The number of nitrogens with one attached hydrogen (secondary N) is 2. The molecule has 4 aromatic rings. The van der Waals surface area contributed by atoms with E-state index in [2.05, 4.69) is 15.6 Å². The number of halogens is 1. The second kappa shape index (κ2) is 7.81. The first kappa shape index (κ1) is 18.8. The van der Waals surface area contributed by atoms with Gasteiger partial charge < -0.3 is 9.73 Å². The monoisotopic (exact) mass is 405 g/mol.